The molecule has 0 radical (unpaired) electrons. The van der Waals surface area contributed by atoms with Gasteiger partial charge in [-0.25, -0.2) is 9.69 Å². The molecule has 0 unspecified atom stereocenters. The molecule has 2 aromatic rings. The Morgan fingerprint density at radius 3 is 2.15 bits per heavy atom. The second-order valence-corrected chi connectivity index (χ2v) is 15.0. The SMILES string of the molecule is C/C=C/C(=O)N1C(=O)O[C@@H]2[C@H]3C[C@@H]([C@@H]21)[C@@H](O[Si](c1ccccc1)(c1ccccc1)C(C)(C)C)C3. The van der Waals surface area contributed by atoms with Gasteiger partial charge in [0, 0.05) is 11.8 Å². The highest BCUT2D eigenvalue weighted by Crippen LogP contribution is 2.54. The van der Waals surface area contributed by atoms with Crippen molar-refractivity contribution in [2.45, 2.75) is 63.8 Å². The first-order valence-electron chi connectivity index (χ1n) is 12.2. The van der Waals surface area contributed by atoms with Gasteiger partial charge in [0.1, 0.15) is 6.10 Å². The average Bonchev–Trinajstić information content (AvgIpc) is 3.48. The van der Waals surface area contributed by atoms with Gasteiger partial charge in [-0.1, -0.05) is 87.5 Å². The van der Waals surface area contributed by atoms with E-state index in [9.17, 15) is 9.59 Å². The zero-order valence-corrected chi connectivity index (χ0v) is 21.3. The molecule has 5 atom stereocenters. The summed E-state index contributed by atoms with van der Waals surface area (Å²) in [5, 5.41) is 2.36. The minimum absolute atomic E-state index is 0.0343. The van der Waals surface area contributed by atoms with Gasteiger partial charge in [-0.3, -0.25) is 4.79 Å². The van der Waals surface area contributed by atoms with Crippen LogP contribution in [0.4, 0.5) is 4.79 Å². The lowest BCUT2D eigenvalue weighted by Crippen LogP contribution is -2.68. The van der Waals surface area contributed by atoms with Gasteiger partial charge in [0.15, 0.2) is 0 Å². The molecule has 0 N–H and O–H groups in total. The summed E-state index contributed by atoms with van der Waals surface area (Å²) in [7, 11) is -2.72. The van der Waals surface area contributed by atoms with Crippen molar-refractivity contribution in [3.63, 3.8) is 0 Å². The summed E-state index contributed by atoms with van der Waals surface area (Å²) in [6, 6.07) is 21.0. The number of carbonyl (C=O) groups is 2. The molecule has 2 bridgehead atoms. The summed E-state index contributed by atoms with van der Waals surface area (Å²) >= 11 is 0. The van der Waals surface area contributed by atoms with E-state index in [1.54, 1.807) is 13.0 Å². The number of benzene rings is 2. The van der Waals surface area contributed by atoms with Gasteiger partial charge in [0.25, 0.3) is 14.2 Å². The van der Waals surface area contributed by atoms with Crippen molar-refractivity contribution in [3.8, 4) is 0 Å². The number of allylic oxidation sites excluding steroid dienone is 1. The van der Waals surface area contributed by atoms with Crippen molar-refractivity contribution < 1.29 is 18.8 Å². The summed E-state index contributed by atoms with van der Waals surface area (Å²) in [4.78, 5) is 26.8. The smallest absolute Gasteiger partial charge is 0.417 e. The van der Waals surface area contributed by atoms with Crippen LogP contribution in [0.15, 0.2) is 72.8 Å². The third-order valence-electron chi connectivity index (χ3n) is 7.85. The number of ether oxygens (including phenoxy) is 1. The van der Waals surface area contributed by atoms with E-state index in [0.717, 1.165) is 12.8 Å². The highest BCUT2D eigenvalue weighted by molar-refractivity contribution is 6.99. The van der Waals surface area contributed by atoms with E-state index in [2.05, 4.69) is 69.3 Å². The summed E-state index contributed by atoms with van der Waals surface area (Å²) in [5.41, 5.74) is 0. The van der Waals surface area contributed by atoms with Crippen molar-refractivity contribution in [3.05, 3.63) is 72.8 Å². The number of fused-ring (bicyclic) bond motifs is 5. The Hall–Kier alpha value is -2.70. The normalized spacial score (nSPS) is 28.4. The van der Waals surface area contributed by atoms with Gasteiger partial charge in [0.2, 0.25) is 0 Å². The Balaban J connectivity index is 1.56. The molecule has 3 aliphatic rings. The standard InChI is InChI=1S/C28H33NO4Si/c1-5-12-24(30)29-25-22-17-19(26(25)32-27(29)31)18-23(22)33-34(28(2,3)4,20-13-8-6-9-14-20)21-15-10-7-11-16-21/h5-16,19,22-23,25-26H,17-18H2,1-4H3/b12-5+/t19-,22+,23-,25-,26+/m0/s1. The fourth-order valence-corrected chi connectivity index (χ4v) is 11.3. The number of imide groups is 1. The Morgan fingerprint density at radius 1 is 1.03 bits per heavy atom. The molecule has 5 rings (SSSR count). The van der Waals surface area contributed by atoms with Crippen LogP contribution in [0.2, 0.25) is 5.04 Å². The fourth-order valence-electron chi connectivity index (χ4n) is 6.53. The topological polar surface area (TPSA) is 55.8 Å². The summed E-state index contributed by atoms with van der Waals surface area (Å²) in [6.45, 7) is 8.62. The van der Waals surface area contributed by atoms with Crippen LogP contribution < -0.4 is 10.4 Å². The highest BCUT2D eigenvalue weighted by atomic mass is 28.4. The fraction of sp³-hybridized carbons (Fsp3) is 0.429. The van der Waals surface area contributed by atoms with Crippen LogP contribution in [-0.2, 0) is 14.0 Å². The maximum Gasteiger partial charge on any atom is 0.417 e. The molecule has 3 fully saturated rings. The Bertz CT molecular complexity index is 1050. The van der Waals surface area contributed by atoms with Crippen molar-refractivity contribution in [2.24, 2.45) is 11.8 Å². The molecule has 5 nitrogen and oxygen atoms in total. The van der Waals surface area contributed by atoms with Gasteiger partial charge < -0.3 is 9.16 Å². The van der Waals surface area contributed by atoms with Crippen LogP contribution in [0.1, 0.15) is 40.5 Å². The van der Waals surface area contributed by atoms with Crippen molar-refractivity contribution in [1.82, 2.24) is 4.90 Å². The minimum atomic E-state index is -2.72. The predicted molar refractivity (Wildman–Crippen MR) is 134 cm³/mol. The molecule has 0 aromatic heterocycles. The lowest BCUT2D eigenvalue weighted by Gasteiger charge is -2.47. The molecule has 1 aliphatic heterocycles. The van der Waals surface area contributed by atoms with Crippen molar-refractivity contribution in [2.75, 3.05) is 0 Å². The number of carbonyl (C=O) groups excluding carboxylic acids is 2. The van der Waals surface area contributed by atoms with Gasteiger partial charge in [-0.15, -0.1) is 0 Å². The minimum Gasteiger partial charge on any atom is -0.443 e. The number of nitrogens with zero attached hydrogens (tertiary/aromatic N) is 1. The number of hydrogen-bond acceptors (Lipinski definition) is 4. The molecular weight excluding hydrogens is 442 g/mol. The first-order chi connectivity index (χ1) is 16.3. The molecular formula is C28H33NO4Si. The zero-order chi connectivity index (χ0) is 24.1. The van der Waals surface area contributed by atoms with Crippen LogP contribution in [-0.4, -0.2) is 43.5 Å². The number of amides is 2. The summed E-state index contributed by atoms with van der Waals surface area (Å²) in [5.74, 6) is 0.0135. The Kier molecular flexibility index (Phi) is 5.77. The lowest BCUT2D eigenvalue weighted by atomic mass is 9.90. The third-order valence-corrected chi connectivity index (χ3v) is 12.9. The van der Waals surface area contributed by atoms with Gasteiger partial charge >= 0.3 is 6.09 Å². The number of rotatable bonds is 5. The molecule has 34 heavy (non-hydrogen) atoms. The van der Waals surface area contributed by atoms with E-state index in [-0.39, 0.29) is 41.0 Å². The Morgan fingerprint density at radius 2 is 1.62 bits per heavy atom. The molecule has 1 heterocycles. The first-order valence-corrected chi connectivity index (χ1v) is 14.1. The molecule has 1 saturated heterocycles. The van der Waals surface area contributed by atoms with Crippen LogP contribution in [0, 0.1) is 11.8 Å². The van der Waals surface area contributed by atoms with Gasteiger partial charge in [-0.05, 0) is 41.3 Å². The van der Waals surface area contributed by atoms with E-state index in [1.165, 1.54) is 21.3 Å². The van der Waals surface area contributed by atoms with E-state index < -0.39 is 14.4 Å². The largest absolute Gasteiger partial charge is 0.443 e. The summed E-state index contributed by atoms with van der Waals surface area (Å²) < 4.78 is 13.1. The van der Waals surface area contributed by atoms with Crippen LogP contribution in [0.5, 0.6) is 0 Å². The number of hydrogen-bond donors (Lipinski definition) is 0. The average molecular weight is 476 g/mol. The highest BCUT2D eigenvalue weighted by Gasteiger charge is 2.64. The lowest BCUT2D eigenvalue weighted by molar-refractivity contribution is -0.125. The van der Waals surface area contributed by atoms with E-state index in [4.69, 9.17) is 9.16 Å². The van der Waals surface area contributed by atoms with Crippen LogP contribution >= 0.6 is 0 Å². The van der Waals surface area contributed by atoms with Gasteiger partial charge in [-0.2, -0.15) is 0 Å². The molecule has 2 aromatic carbocycles. The Labute approximate surface area is 202 Å². The monoisotopic (exact) mass is 475 g/mol. The van der Waals surface area contributed by atoms with E-state index >= 15 is 0 Å². The van der Waals surface area contributed by atoms with E-state index in [0.29, 0.717) is 0 Å². The first kappa shape index (κ1) is 23.1. The second kappa shape index (κ2) is 8.50. The second-order valence-electron chi connectivity index (χ2n) is 10.8. The van der Waals surface area contributed by atoms with Crippen molar-refractivity contribution in [1.29, 1.82) is 0 Å². The maximum absolute atomic E-state index is 12.8. The van der Waals surface area contributed by atoms with Crippen LogP contribution in [0.3, 0.4) is 0 Å². The maximum atomic E-state index is 12.8. The molecule has 0 spiro atoms. The third kappa shape index (κ3) is 3.46. The summed E-state index contributed by atoms with van der Waals surface area (Å²) in [6.07, 6.45) is 4.14. The van der Waals surface area contributed by atoms with Crippen molar-refractivity contribution >= 4 is 30.7 Å². The molecule has 178 valence electrons. The molecule has 2 amide bonds. The van der Waals surface area contributed by atoms with Gasteiger partial charge in [0.05, 0.1) is 12.1 Å². The molecule has 2 aliphatic carbocycles. The molecule has 2 saturated carbocycles. The van der Waals surface area contributed by atoms with Crippen LogP contribution in [0.25, 0.3) is 0 Å². The quantitative estimate of drug-likeness (QED) is 0.479. The molecule has 6 heteroatoms. The zero-order valence-electron chi connectivity index (χ0n) is 20.3. The predicted octanol–water partition coefficient (Wildman–Crippen LogP) is 4.26. The van der Waals surface area contributed by atoms with E-state index in [1.807, 2.05) is 12.1 Å².